The van der Waals surface area contributed by atoms with Crippen molar-refractivity contribution in [1.29, 1.82) is 0 Å². The molecule has 3 atom stereocenters. The number of rotatable bonds is 4. The quantitative estimate of drug-likeness (QED) is 0.724. The van der Waals surface area contributed by atoms with Crippen molar-refractivity contribution in [2.24, 2.45) is 0 Å². The van der Waals surface area contributed by atoms with Crippen LogP contribution < -0.4 is 0 Å². The number of aryl methyl sites for hydroxylation is 1. The Morgan fingerprint density at radius 1 is 1.28 bits per heavy atom. The smallest absolute Gasteiger partial charge is 0.475 e. The highest BCUT2D eigenvalue weighted by atomic mass is 19.4. The van der Waals surface area contributed by atoms with Gasteiger partial charge in [0.2, 0.25) is 5.91 Å². The van der Waals surface area contributed by atoms with Crippen LogP contribution in [0.2, 0.25) is 0 Å². The van der Waals surface area contributed by atoms with Crippen LogP contribution in [0.3, 0.4) is 0 Å². The number of aliphatic carboxylic acids is 1. The van der Waals surface area contributed by atoms with Gasteiger partial charge in [-0.1, -0.05) is 6.07 Å². The highest BCUT2D eigenvalue weighted by molar-refractivity contribution is 5.92. The minimum absolute atomic E-state index is 0.0250. The summed E-state index contributed by atoms with van der Waals surface area (Å²) in [5, 5.41) is 7.12. The van der Waals surface area contributed by atoms with Crippen molar-refractivity contribution in [3.05, 3.63) is 29.6 Å². The number of likely N-dealkylation sites (N-methyl/N-ethyl adjacent to an activating group) is 1. The van der Waals surface area contributed by atoms with Gasteiger partial charge < -0.3 is 24.4 Å². The van der Waals surface area contributed by atoms with Gasteiger partial charge in [-0.05, 0) is 31.9 Å². The van der Waals surface area contributed by atoms with Gasteiger partial charge in [-0.25, -0.2) is 9.78 Å². The van der Waals surface area contributed by atoms with Gasteiger partial charge in [-0.15, -0.1) is 0 Å². The van der Waals surface area contributed by atoms with E-state index >= 15 is 0 Å². The molecule has 9 nitrogen and oxygen atoms in total. The number of pyridine rings is 1. The number of hydrogen-bond donors (Lipinski definition) is 1. The lowest BCUT2D eigenvalue weighted by Crippen LogP contribution is -2.54. The largest absolute Gasteiger partial charge is 0.490 e. The average Bonchev–Trinajstić information content (AvgIpc) is 3.14. The van der Waals surface area contributed by atoms with E-state index < -0.39 is 12.1 Å². The molecular formula is C20H26F3N3O6. The van der Waals surface area contributed by atoms with Crippen LogP contribution in [-0.4, -0.2) is 96.0 Å². The van der Waals surface area contributed by atoms with Gasteiger partial charge in [0, 0.05) is 26.3 Å². The lowest BCUT2D eigenvalue weighted by molar-refractivity contribution is -0.192. The summed E-state index contributed by atoms with van der Waals surface area (Å²) in [6.45, 7) is 2.94. The fourth-order valence-electron chi connectivity index (χ4n) is 3.46. The Hall–Kier alpha value is -2.73. The van der Waals surface area contributed by atoms with Crippen molar-refractivity contribution < 1.29 is 42.1 Å². The predicted octanol–water partition coefficient (Wildman–Crippen LogP) is 1.50. The van der Waals surface area contributed by atoms with Gasteiger partial charge in [-0.3, -0.25) is 9.59 Å². The number of halogens is 3. The second kappa shape index (κ2) is 10.7. The van der Waals surface area contributed by atoms with E-state index in [2.05, 4.69) is 4.98 Å². The zero-order valence-corrected chi connectivity index (χ0v) is 18.0. The molecule has 2 heterocycles. The minimum atomic E-state index is -5.08. The lowest BCUT2D eigenvalue weighted by Gasteiger charge is -2.38. The zero-order chi connectivity index (χ0) is 24.1. The van der Waals surface area contributed by atoms with Gasteiger partial charge >= 0.3 is 12.1 Å². The van der Waals surface area contributed by atoms with Crippen LogP contribution in [0.4, 0.5) is 13.2 Å². The number of nitrogens with zero attached hydrogens (tertiary/aromatic N) is 3. The number of amides is 2. The first kappa shape index (κ1) is 25.5. The number of carbonyl (C=O) groups is 3. The highest BCUT2D eigenvalue weighted by Crippen LogP contribution is 2.32. The van der Waals surface area contributed by atoms with E-state index in [0.717, 1.165) is 18.5 Å². The second-order valence-corrected chi connectivity index (χ2v) is 7.58. The molecule has 178 valence electrons. The summed E-state index contributed by atoms with van der Waals surface area (Å²) >= 11 is 0. The molecule has 0 radical (unpaired) electrons. The molecule has 2 amide bonds. The van der Waals surface area contributed by atoms with E-state index in [1.807, 2.05) is 24.0 Å². The number of morpholine rings is 1. The topological polar surface area (TPSA) is 109 Å². The van der Waals surface area contributed by atoms with Crippen molar-refractivity contribution in [1.82, 2.24) is 14.8 Å². The molecule has 0 unspecified atom stereocenters. The maximum Gasteiger partial charge on any atom is 0.490 e. The first-order valence-corrected chi connectivity index (χ1v) is 9.90. The summed E-state index contributed by atoms with van der Waals surface area (Å²) in [7, 11) is 3.41. The summed E-state index contributed by atoms with van der Waals surface area (Å²) in [4.78, 5) is 41.2. The number of carbonyl (C=O) groups excluding carboxylic acids is 2. The molecule has 2 aliphatic rings. The molecule has 1 aromatic rings. The van der Waals surface area contributed by atoms with Gasteiger partial charge in [0.15, 0.2) is 0 Å². The lowest BCUT2D eigenvalue weighted by atomic mass is 10.1. The number of hydrogen-bond acceptors (Lipinski definition) is 6. The maximum atomic E-state index is 12.9. The van der Waals surface area contributed by atoms with Crippen molar-refractivity contribution in [2.75, 3.05) is 33.9 Å². The van der Waals surface area contributed by atoms with Crippen LogP contribution in [-0.2, 0) is 19.1 Å². The molecule has 0 aromatic carbocycles. The van der Waals surface area contributed by atoms with Crippen LogP contribution in [0.5, 0.6) is 0 Å². The molecule has 12 heteroatoms. The Balaban J connectivity index is 0.000000451. The van der Waals surface area contributed by atoms with Crippen LogP contribution in [0, 0.1) is 6.92 Å². The maximum absolute atomic E-state index is 12.9. The van der Waals surface area contributed by atoms with Crippen molar-refractivity contribution in [3.63, 3.8) is 0 Å². The molecule has 0 spiro atoms. The molecule has 1 saturated carbocycles. The molecule has 1 aliphatic carbocycles. The summed E-state index contributed by atoms with van der Waals surface area (Å²) in [5.74, 6) is -2.89. The Kier molecular flexibility index (Phi) is 8.56. The van der Waals surface area contributed by atoms with Crippen molar-refractivity contribution in [2.45, 2.75) is 44.2 Å². The number of fused-ring (bicyclic) bond motifs is 1. The first-order chi connectivity index (χ1) is 14.9. The van der Waals surface area contributed by atoms with E-state index in [4.69, 9.17) is 19.4 Å². The fraction of sp³-hybridized carbons (Fsp3) is 0.600. The number of ether oxygens (including phenoxy) is 2. The molecule has 1 N–H and O–H groups in total. The summed E-state index contributed by atoms with van der Waals surface area (Å²) in [6.07, 6.45) is -3.84. The fourth-order valence-corrected chi connectivity index (χ4v) is 3.46. The Morgan fingerprint density at radius 2 is 1.94 bits per heavy atom. The predicted molar refractivity (Wildman–Crippen MR) is 105 cm³/mol. The number of carboxylic acids is 1. The summed E-state index contributed by atoms with van der Waals surface area (Å²) in [5.41, 5.74) is 1.29. The minimum Gasteiger partial charge on any atom is -0.475 e. The average molecular weight is 461 g/mol. The van der Waals surface area contributed by atoms with Gasteiger partial charge in [0.25, 0.3) is 5.91 Å². The van der Waals surface area contributed by atoms with E-state index in [9.17, 15) is 22.8 Å². The molecule has 0 bridgehead atoms. The number of alkyl halides is 3. The molecule has 1 saturated heterocycles. The Labute approximate surface area is 183 Å². The van der Waals surface area contributed by atoms with Gasteiger partial charge in [0.1, 0.15) is 18.4 Å². The molecule has 2 fully saturated rings. The normalized spacial score (nSPS) is 22.4. The summed E-state index contributed by atoms with van der Waals surface area (Å²) in [6, 6.07) is 5.45. The third-order valence-corrected chi connectivity index (χ3v) is 5.07. The second-order valence-electron chi connectivity index (χ2n) is 7.58. The van der Waals surface area contributed by atoms with Crippen LogP contribution in [0.1, 0.15) is 29.0 Å². The van der Waals surface area contributed by atoms with E-state index in [0.29, 0.717) is 18.8 Å². The molecule has 32 heavy (non-hydrogen) atoms. The monoisotopic (exact) mass is 461 g/mol. The molecule has 1 aliphatic heterocycles. The highest BCUT2D eigenvalue weighted by Gasteiger charge is 2.45. The third kappa shape index (κ3) is 6.63. The van der Waals surface area contributed by atoms with E-state index in [1.165, 1.54) is 4.90 Å². The third-order valence-electron chi connectivity index (χ3n) is 5.07. The van der Waals surface area contributed by atoms with Crippen molar-refractivity contribution >= 4 is 17.8 Å². The zero-order valence-electron chi connectivity index (χ0n) is 18.0. The van der Waals surface area contributed by atoms with Crippen molar-refractivity contribution in [3.8, 4) is 0 Å². The first-order valence-electron chi connectivity index (χ1n) is 9.90. The summed E-state index contributed by atoms with van der Waals surface area (Å²) < 4.78 is 43.4. The van der Waals surface area contributed by atoms with E-state index in [1.54, 1.807) is 20.2 Å². The van der Waals surface area contributed by atoms with Crippen LogP contribution >= 0.6 is 0 Å². The number of carboxylic acid groups (broad SMARTS) is 1. The molecule has 3 rings (SSSR count). The van der Waals surface area contributed by atoms with Gasteiger partial charge in [0.05, 0.1) is 18.8 Å². The Morgan fingerprint density at radius 3 is 2.50 bits per heavy atom. The standard InChI is InChI=1S/C18H25N3O4.C2HF3O2/c1-12-5-4-6-13(19-12)18(23)21-9-10-24-17-14(21)7-8-15(17)25-11-16(22)20(2)3;3-2(4,5)1(6)7/h4-6,14-15,17H,7-11H2,1-3H3;(H,6,7)/t14-,15+,17+;/m0./s1. The van der Waals surface area contributed by atoms with Crippen LogP contribution in [0.25, 0.3) is 0 Å². The SMILES string of the molecule is Cc1cccc(C(=O)N2CCO[C@H]3[C@H](OCC(=O)N(C)C)CC[C@@H]32)n1.O=C(O)C(F)(F)F. The van der Waals surface area contributed by atoms with Gasteiger partial charge in [-0.2, -0.15) is 13.2 Å². The number of aromatic nitrogens is 1. The molecular weight excluding hydrogens is 435 g/mol. The van der Waals surface area contributed by atoms with E-state index in [-0.39, 0.29) is 36.7 Å². The Bertz CT molecular complexity index is 833. The van der Waals surface area contributed by atoms with Crippen LogP contribution in [0.15, 0.2) is 18.2 Å². The molecule has 1 aromatic heterocycles.